The van der Waals surface area contributed by atoms with Gasteiger partial charge >= 0.3 is 0 Å². The third-order valence-corrected chi connectivity index (χ3v) is 2.79. The van der Waals surface area contributed by atoms with Crippen LogP contribution in [-0.2, 0) is 18.0 Å². The third kappa shape index (κ3) is 2.74. The smallest absolute Gasteiger partial charge is 0.221 e. The second-order valence-electron chi connectivity index (χ2n) is 4.31. The minimum Gasteiger partial charge on any atom is -0.438 e. The molecule has 0 aliphatic carbocycles. The zero-order chi connectivity index (χ0) is 13.1. The molecule has 0 unspecified atom stereocenters. The van der Waals surface area contributed by atoms with Crippen molar-refractivity contribution >= 4 is 16.8 Å². The van der Waals surface area contributed by atoms with Gasteiger partial charge in [-0.1, -0.05) is 30.3 Å². The molecular weight excluding hydrogens is 240 g/mol. The van der Waals surface area contributed by atoms with Crippen molar-refractivity contribution < 1.29 is 9.15 Å². The summed E-state index contributed by atoms with van der Waals surface area (Å²) in [5.74, 6) is 0.566. The van der Waals surface area contributed by atoms with Gasteiger partial charge in [0.2, 0.25) is 5.89 Å². The largest absolute Gasteiger partial charge is 0.438 e. The van der Waals surface area contributed by atoms with Gasteiger partial charge in [0.25, 0.3) is 0 Å². The predicted octanol–water partition coefficient (Wildman–Crippen LogP) is 3.13. The fourth-order valence-corrected chi connectivity index (χ4v) is 1.88. The Bertz CT molecular complexity index is 677. The molecule has 3 aromatic rings. The van der Waals surface area contributed by atoms with Gasteiger partial charge in [-0.3, -0.25) is 0 Å². The van der Waals surface area contributed by atoms with Crippen LogP contribution in [0.15, 0.2) is 52.9 Å². The van der Waals surface area contributed by atoms with Crippen molar-refractivity contribution in [1.82, 2.24) is 4.98 Å². The number of hydrogen-bond donors (Lipinski definition) is 1. The lowest BCUT2D eigenvalue weighted by atomic mass is 10.2. The Kier molecular flexibility index (Phi) is 3.16. The van der Waals surface area contributed by atoms with Crippen LogP contribution in [0.1, 0.15) is 11.5 Å². The van der Waals surface area contributed by atoms with Gasteiger partial charge in [-0.15, -0.1) is 0 Å². The molecule has 0 fully saturated rings. The minimum absolute atomic E-state index is 0.351. The molecule has 0 saturated carbocycles. The minimum atomic E-state index is 0.351. The van der Waals surface area contributed by atoms with E-state index in [1.54, 1.807) is 12.1 Å². The highest BCUT2D eigenvalue weighted by Crippen LogP contribution is 2.18. The number of aromatic nitrogens is 1. The molecule has 0 saturated heterocycles. The van der Waals surface area contributed by atoms with Crippen LogP contribution in [0.25, 0.3) is 11.1 Å². The molecule has 0 bridgehead atoms. The van der Waals surface area contributed by atoms with Gasteiger partial charge in [0.1, 0.15) is 12.1 Å². The maximum absolute atomic E-state index is 5.70. The summed E-state index contributed by atoms with van der Waals surface area (Å²) in [5, 5.41) is 0. The molecule has 0 atom stereocenters. The summed E-state index contributed by atoms with van der Waals surface area (Å²) in [6, 6.07) is 15.4. The molecular formula is C15H14N2O2. The lowest BCUT2D eigenvalue weighted by molar-refractivity contribution is 0.0907. The highest BCUT2D eigenvalue weighted by Gasteiger charge is 2.06. The molecule has 1 aromatic heterocycles. The number of oxazole rings is 1. The topological polar surface area (TPSA) is 61.3 Å². The lowest BCUT2D eigenvalue weighted by Crippen LogP contribution is -1.93. The van der Waals surface area contributed by atoms with Crippen molar-refractivity contribution in [3.63, 3.8) is 0 Å². The zero-order valence-electron chi connectivity index (χ0n) is 10.4. The van der Waals surface area contributed by atoms with Crippen molar-refractivity contribution in [3.05, 3.63) is 60.0 Å². The van der Waals surface area contributed by atoms with Crippen molar-refractivity contribution in [2.75, 3.05) is 5.73 Å². The SMILES string of the molecule is Nc1ccc2oc(COCc3ccccc3)nc2c1. The van der Waals surface area contributed by atoms with E-state index in [0.29, 0.717) is 24.8 Å². The number of nitrogens with two attached hydrogens (primary N) is 1. The summed E-state index contributed by atoms with van der Waals surface area (Å²) in [4.78, 5) is 4.33. The molecule has 19 heavy (non-hydrogen) atoms. The van der Waals surface area contributed by atoms with Crippen molar-refractivity contribution in [1.29, 1.82) is 0 Å². The molecule has 0 amide bonds. The van der Waals surface area contributed by atoms with E-state index in [4.69, 9.17) is 14.9 Å². The first-order chi connectivity index (χ1) is 9.31. The van der Waals surface area contributed by atoms with Gasteiger partial charge in [0, 0.05) is 5.69 Å². The van der Waals surface area contributed by atoms with Gasteiger partial charge in [-0.25, -0.2) is 4.98 Å². The van der Waals surface area contributed by atoms with E-state index in [9.17, 15) is 0 Å². The Balaban J connectivity index is 1.65. The maximum Gasteiger partial charge on any atom is 0.221 e. The van der Waals surface area contributed by atoms with Crippen LogP contribution < -0.4 is 5.73 Å². The average molecular weight is 254 g/mol. The fraction of sp³-hybridized carbons (Fsp3) is 0.133. The molecule has 1 heterocycles. The molecule has 3 rings (SSSR count). The Labute approximate surface area is 110 Å². The van der Waals surface area contributed by atoms with E-state index < -0.39 is 0 Å². The van der Waals surface area contributed by atoms with Gasteiger partial charge in [-0.05, 0) is 23.8 Å². The van der Waals surface area contributed by atoms with Crippen molar-refractivity contribution in [2.24, 2.45) is 0 Å². The average Bonchev–Trinajstić information content (AvgIpc) is 2.82. The number of fused-ring (bicyclic) bond motifs is 1. The van der Waals surface area contributed by atoms with E-state index >= 15 is 0 Å². The van der Waals surface area contributed by atoms with Crippen LogP contribution in [0.3, 0.4) is 0 Å². The normalized spacial score (nSPS) is 10.9. The molecule has 96 valence electrons. The van der Waals surface area contributed by atoms with E-state index in [0.717, 1.165) is 16.7 Å². The second-order valence-corrected chi connectivity index (χ2v) is 4.31. The van der Waals surface area contributed by atoms with E-state index in [2.05, 4.69) is 4.98 Å². The number of rotatable bonds is 4. The summed E-state index contributed by atoms with van der Waals surface area (Å²) >= 11 is 0. The Morgan fingerprint density at radius 1 is 1.05 bits per heavy atom. The summed E-state index contributed by atoms with van der Waals surface area (Å²) in [6.45, 7) is 0.894. The van der Waals surface area contributed by atoms with Crippen LogP contribution in [0.2, 0.25) is 0 Å². The first-order valence-corrected chi connectivity index (χ1v) is 6.08. The summed E-state index contributed by atoms with van der Waals surface area (Å²) < 4.78 is 11.1. The molecule has 0 aliphatic rings. The number of nitrogens with zero attached hydrogens (tertiary/aromatic N) is 1. The lowest BCUT2D eigenvalue weighted by Gasteiger charge is -2.00. The number of ether oxygens (including phenoxy) is 1. The van der Waals surface area contributed by atoms with E-state index in [1.165, 1.54) is 0 Å². The quantitative estimate of drug-likeness (QED) is 0.726. The van der Waals surface area contributed by atoms with E-state index in [-0.39, 0.29) is 0 Å². The van der Waals surface area contributed by atoms with Gasteiger partial charge in [0.05, 0.1) is 6.61 Å². The van der Waals surface area contributed by atoms with Gasteiger partial charge in [0.15, 0.2) is 5.58 Å². The summed E-state index contributed by atoms with van der Waals surface area (Å²) in [7, 11) is 0. The zero-order valence-corrected chi connectivity index (χ0v) is 10.4. The monoisotopic (exact) mass is 254 g/mol. The first kappa shape index (κ1) is 11.7. The highest BCUT2D eigenvalue weighted by molar-refractivity contribution is 5.76. The predicted molar refractivity (Wildman–Crippen MR) is 73.4 cm³/mol. The number of anilines is 1. The standard InChI is InChI=1S/C15H14N2O2/c16-12-6-7-14-13(8-12)17-15(19-14)10-18-9-11-4-2-1-3-5-11/h1-8H,9-10,16H2. The highest BCUT2D eigenvalue weighted by atomic mass is 16.5. The van der Waals surface area contributed by atoms with Crippen molar-refractivity contribution in [3.8, 4) is 0 Å². The Morgan fingerprint density at radius 3 is 2.74 bits per heavy atom. The van der Waals surface area contributed by atoms with Crippen LogP contribution in [0.5, 0.6) is 0 Å². The summed E-state index contributed by atoms with van der Waals surface area (Å²) in [6.07, 6.45) is 0. The molecule has 4 nitrogen and oxygen atoms in total. The fourth-order valence-electron chi connectivity index (χ4n) is 1.88. The molecule has 4 heteroatoms. The summed E-state index contributed by atoms with van der Waals surface area (Å²) in [5.41, 5.74) is 8.99. The van der Waals surface area contributed by atoms with Gasteiger partial charge < -0.3 is 14.9 Å². The Hall–Kier alpha value is -2.33. The number of hydrogen-bond acceptors (Lipinski definition) is 4. The maximum atomic E-state index is 5.70. The second kappa shape index (κ2) is 5.12. The Morgan fingerprint density at radius 2 is 1.89 bits per heavy atom. The molecule has 0 radical (unpaired) electrons. The first-order valence-electron chi connectivity index (χ1n) is 6.08. The van der Waals surface area contributed by atoms with Crippen LogP contribution >= 0.6 is 0 Å². The van der Waals surface area contributed by atoms with Crippen LogP contribution in [-0.4, -0.2) is 4.98 Å². The van der Waals surface area contributed by atoms with Crippen LogP contribution in [0, 0.1) is 0 Å². The molecule has 2 N–H and O–H groups in total. The van der Waals surface area contributed by atoms with Crippen LogP contribution in [0.4, 0.5) is 5.69 Å². The van der Waals surface area contributed by atoms with Gasteiger partial charge in [-0.2, -0.15) is 0 Å². The number of nitrogen functional groups attached to an aromatic ring is 1. The van der Waals surface area contributed by atoms with Crippen molar-refractivity contribution in [2.45, 2.75) is 13.2 Å². The molecule has 0 spiro atoms. The number of benzene rings is 2. The molecule has 0 aliphatic heterocycles. The third-order valence-electron chi connectivity index (χ3n) is 2.79. The molecule has 2 aromatic carbocycles. The van der Waals surface area contributed by atoms with E-state index in [1.807, 2.05) is 36.4 Å².